The third-order valence-corrected chi connectivity index (χ3v) is 6.45. The lowest BCUT2D eigenvalue weighted by molar-refractivity contribution is 0.0394. The van der Waals surface area contributed by atoms with Crippen molar-refractivity contribution in [1.29, 1.82) is 0 Å². The van der Waals surface area contributed by atoms with Gasteiger partial charge in [0.25, 0.3) is 0 Å². The maximum Gasteiger partial charge on any atom is 0.247 e. The van der Waals surface area contributed by atoms with Crippen LogP contribution in [-0.4, -0.2) is 28.1 Å². The van der Waals surface area contributed by atoms with Crippen molar-refractivity contribution in [3.8, 4) is 11.4 Å². The van der Waals surface area contributed by atoms with Gasteiger partial charge < -0.3 is 4.52 Å². The normalized spacial score (nSPS) is 27.8. The van der Waals surface area contributed by atoms with Crippen molar-refractivity contribution in [2.24, 2.45) is 0 Å². The van der Waals surface area contributed by atoms with Gasteiger partial charge >= 0.3 is 0 Å². The number of hydrogen-bond donors (Lipinski definition) is 0. The molecule has 2 aromatic carbocycles. The Hall–Kier alpha value is -2.53. The van der Waals surface area contributed by atoms with Crippen LogP contribution in [-0.2, 0) is 5.54 Å². The Morgan fingerprint density at radius 1 is 1.11 bits per heavy atom. The van der Waals surface area contributed by atoms with Gasteiger partial charge in [0, 0.05) is 11.6 Å². The average molecular weight is 363 g/mol. The lowest BCUT2D eigenvalue weighted by Gasteiger charge is -2.43. The Morgan fingerprint density at radius 3 is 2.67 bits per heavy atom. The van der Waals surface area contributed by atoms with E-state index in [1.807, 2.05) is 42.5 Å². The largest absolute Gasteiger partial charge is 0.337 e. The molecule has 0 N–H and O–H groups in total. The molecule has 0 amide bonds. The van der Waals surface area contributed by atoms with Crippen LogP contribution >= 0.6 is 0 Å². The number of aromatic nitrogens is 2. The number of halogens is 1. The van der Waals surface area contributed by atoms with Crippen LogP contribution in [0.5, 0.6) is 0 Å². The minimum Gasteiger partial charge on any atom is -0.337 e. The molecule has 2 bridgehead atoms. The maximum atomic E-state index is 13.3. The molecule has 2 aliphatic rings. The van der Waals surface area contributed by atoms with Gasteiger partial charge in [-0.15, -0.1) is 0 Å². The van der Waals surface area contributed by atoms with Gasteiger partial charge in [0.05, 0.1) is 0 Å². The first kappa shape index (κ1) is 16.6. The van der Waals surface area contributed by atoms with E-state index in [0.29, 0.717) is 23.7 Å². The van der Waals surface area contributed by atoms with E-state index in [0.717, 1.165) is 31.2 Å². The Labute approximate surface area is 158 Å². The molecule has 2 saturated heterocycles. The topological polar surface area (TPSA) is 42.2 Å². The SMILES string of the molecule is CN1[C@H]2CC[C@]1(c1nc(-c3ccccc3)no1)CC(c1ccc(F)cc1)C2. The Balaban J connectivity index is 1.50. The zero-order valence-corrected chi connectivity index (χ0v) is 15.3. The van der Waals surface area contributed by atoms with E-state index in [9.17, 15) is 4.39 Å². The predicted molar refractivity (Wildman–Crippen MR) is 101 cm³/mol. The molecule has 3 aromatic rings. The summed E-state index contributed by atoms with van der Waals surface area (Å²) in [5, 5.41) is 4.25. The van der Waals surface area contributed by atoms with Gasteiger partial charge in [-0.05, 0) is 56.3 Å². The van der Waals surface area contributed by atoms with Crippen LogP contribution in [0, 0.1) is 5.82 Å². The van der Waals surface area contributed by atoms with E-state index in [4.69, 9.17) is 9.51 Å². The molecule has 3 heterocycles. The van der Waals surface area contributed by atoms with Crippen LogP contribution in [0.2, 0.25) is 0 Å². The summed E-state index contributed by atoms with van der Waals surface area (Å²) >= 11 is 0. The van der Waals surface area contributed by atoms with Crippen LogP contribution in [0.1, 0.15) is 43.1 Å². The zero-order chi connectivity index (χ0) is 18.4. The minimum absolute atomic E-state index is 0.186. The molecule has 1 aromatic heterocycles. The lowest BCUT2D eigenvalue weighted by atomic mass is 9.78. The van der Waals surface area contributed by atoms with Crippen LogP contribution in [0.3, 0.4) is 0 Å². The lowest BCUT2D eigenvalue weighted by Crippen LogP contribution is -2.48. The molecule has 5 heteroatoms. The average Bonchev–Trinajstić information content (AvgIpc) is 3.25. The van der Waals surface area contributed by atoms with E-state index < -0.39 is 0 Å². The van der Waals surface area contributed by atoms with Gasteiger partial charge in [-0.3, -0.25) is 4.90 Å². The Bertz CT molecular complexity index is 940. The number of fused-ring (bicyclic) bond motifs is 2. The minimum atomic E-state index is -0.234. The number of nitrogens with zero attached hydrogens (tertiary/aromatic N) is 3. The molecule has 3 atom stereocenters. The number of hydrogen-bond acceptors (Lipinski definition) is 4. The van der Waals surface area contributed by atoms with E-state index in [1.165, 1.54) is 5.56 Å². The van der Waals surface area contributed by atoms with Crippen molar-refractivity contribution >= 4 is 0 Å². The summed E-state index contributed by atoms with van der Waals surface area (Å²) in [5.74, 6) is 1.54. The Morgan fingerprint density at radius 2 is 1.89 bits per heavy atom. The van der Waals surface area contributed by atoms with Crippen molar-refractivity contribution in [2.75, 3.05) is 7.05 Å². The molecule has 27 heavy (non-hydrogen) atoms. The van der Waals surface area contributed by atoms with E-state index >= 15 is 0 Å². The highest BCUT2D eigenvalue weighted by atomic mass is 19.1. The molecule has 138 valence electrons. The van der Waals surface area contributed by atoms with Gasteiger partial charge in [0.2, 0.25) is 11.7 Å². The van der Waals surface area contributed by atoms with Crippen molar-refractivity contribution in [3.63, 3.8) is 0 Å². The van der Waals surface area contributed by atoms with Gasteiger partial charge in [0.1, 0.15) is 11.4 Å². The maximum absolute atomic E-state index is 13.3. The highest BCUT2D eigenvalue weighted by molar-refractivity contribution is 5.53. The van der Waals surface area contributed by atoms with Gasteiger partial charge in [0.15, 0.2) is 0 Å². The van der Waals surface area contributed by atoms with E-state index in [2.05, 4.69) is 17.1 Å². The first-order valence-corrected chi connectivity index (χ1v) is 9.54. The van der Waals surface area contributed by atoms with Gasteiger partial charge in [-0.1, -0.05) is 47.6 Å². The quantitative estimate of drug-likeness (QED) is 0.674. The fourth-order valence-corrected chi connectivity index (χ4v) is 4.92. The molecule has 2 aliphatic heterocycles. The summed E-state index contributed by atoms with van der Waals surface area (Å²) in [7, 11) is 2.17. The predicted octanol–water partition coefficient (Wildman–Crippen LogP) is 4.74. The molecule has 0 aliphatic carbocycles. The summed E-state index contributed by atoms with van der Waals surface area (Å²) in [6, 6.07) is 17.4. The summed E-state index contributed by atoms with van der Waals surface area (Å²) in [5.41, 5.74) is 1.93. The van der Waals surface area contributed by atoms with Crippen molar-refractivity contribution < 1.29 is 8.91 Å². The van der Waals surface area contributed by atoms with Crippen LogP contribution in [0.25, 0.3) is 11.4 Å². The fourth-order valence-electron chi connectivity index (χ4n) is 4.92. The molecule has 0 radical (unpaired) electrons. The molecular formula is C22H22FN3O. The molecule has 5 rings (SSSR count). The molecule has 0 spiro atoms. The summed E-state index contributed by atoms with van der Waals surface area (Å²) in [6.45, 7) is 0. The first-order chi connectivity index (χ1) is 13.2. The van der Waals surface area contributed by atoms with Gasteiger partial charge in [-0.2, -0.15) is 4.98 Å². The third kappa shape index (κ3) is 2.69. The van der Waals surface area contributed by atoms with E-state index in [1.54, 1.807) is 12.1 Å². The standard InChI is InChI=1S/C22H22FN3O/c1-26-19-11-12-22(26,14-17(13-19)15-7-9-18(23)10-8-15)21-24-20(25-27-21)16-5-3-2-4-6-16/h2-10,17,19H,11-14H2,1H3/t17?,19-,22+/m0/s1. The van der Waals surface area contributed by atoms with Crippen LogP contribution in [0.15, 0.2) is 59.1 Å². The number of benzene rings is 2. The molecule has 0 saturated carbocycles. The van der Waals surface area contributed by atoms with Gasteiger partial charge in [-0.25, -0.2) is 4.39 Å². The Kier molecular flexibility index (Phi) is 3.86. The fraction of sp³-hybridized carbons (Fsp3) is 0.364. The second-order valence-corrected chi connectivity index (χ2v) is 7.81. The molecule has 1 unspecified atom stereocenters. The highest BCUT2D eigenvalue weighted by Gasteiger charge is 2.54. The monoisotopic (exact) mass is 363 g/mol. The second-order valence-electron chi connectivity index (χ2n) is 7.81. The number of piperidine rings is 1. The summed E-state index contributed by atoms with van der Waals surface area (Å²) < 4.78 is 19.1. The smallest absolute Gasteiger partial charge is 0.247 e. The van der Waals surface area contributed by atoms with Crippen LogP contribution < -0.4 is 0 Å². The summed E-state index contributed by atoms with van der Waals surface area (Å²) in [6.07, 6.45) is 4.14. The second kappa shape index (κ2) is 6.27. The van der Waals surface area contributed by atoms with Crippen molar-refractivity contribution in [2.45, 2.75) is 43.2 Å². The van der Waals surface area contributed by atoms with Crippen molar-refractivity contribution in [1.82, 2.24) is 15.0 Å². The molecule has 4 nitrogen and oxygen atoms in total. The third-order valence-electron chi connectivity index (χ3n) is 6.45. The molecular weight excluding hydrogens is 341 g/mol. The summed E-state index contributed by atoms with van der Waals surface area (Å²) in [4.78, 5) is 7.21. The number of rotatable bonds is 3. The first-order valence-electron chi connectivity index (χ1n) is 9.54. The van der Waals surface area contributed by atoms with E-state index in [-0.39, 0.29) is 11.4 Å². The molecule has 2 fully saturated rings. The zero-order valence-electron chi connectivity index (χ0n) is 15.3. The van der Waals surface area contributed by atoms with Crippen molar-refractivity contribution in [3.05, 3.63) is 71.9 Å². The highest BCUT2D eigenvalue weighted by Crippen LogP contribution is 2.53. The van der Waals surface area contributed by atoms with Crippen LogP contribution in [0.4, 0.5) is 4.39 Å².